The molecule has 0 unspecified atom stereocenters. The van der Waals surface area contributed by atoms with Crippen molar-refractivity contribution >= 4 is 11.8 Å². The summed E-state index contributed by atoms with van der Waals surface area (Å²) in [5, 5.41) is 26.1. The van der Waals surface area contributed by atoms with E-state index in [-0.39, 0.29) is 7.43 Å². The van der Waals surface area contributed by atoms with Gasteiger partial charge in [-0.05, 0) is 89.1 Å². The topological polar surface area (TPSA) is 131 Å². The molecule has 0 N–H and O–H groups in total. The maximum Gasteiger partial charge on any atom is 0.191 e. The van der Waals surface area contributed by atoms with E-state index >= 15 is 0 Å². The molecule has 8 rings (SSSR count). The molecule has 2 fully saturated rings. The van der Waals surface area contributed by atoms with Crippen molar-refractivity contribution in [2.75, 3.05) is 6.26 Å². The second-order valence-electron chi connectivity index (χ2n) is 10.8. The summed E-state index contributed by atoms with van der Waals surface area (Å²) in [6.45, 7) is 6.94. The number of rotatable bonds is 7. The average molecular weight is 637 g/mol. The van der Waals surface area contributed by atoms with Gasteiger partial charge in [-0.25, -0.2) is 0 Å². The zero-order valence-corrected chi connectivity index (χ0v) is 26.7. The molecular formula is C33H40N12S. The van der Waals surface area contributed by atoms with Crippen LogP contribution in [0.5, 0.6) is 0 Å². The van der Waals surface area contributed by atoms with Gasteiger partial charge in [0.2, 0.25) is 0 Å². The van der Waals surface area contributed by atoms with Gasteiger partial charge in [-0.15, -0.1) is 30.6 Å². The molecule has 0 bridgehead atoms. The Morgan fingerprint density at radius 1 is 0.587 bits per heavy atom. The van der Waals surface area contributed by atoms with E-state index in [1.807, 2.05) is 56.5 Å². The minimum atomic E-state index is 0. The Hall–Kier alpha value is -4.78. The van der Waals surface area contributed by atoms with E-state index in [1.54, 1.807) is 48.9 Å². The molecule has 6 heterocycles. The highest BCUT2D eigenvalue weighted by Gasteiger charge is 2.30. The Balaban J connectivity index is 0.000000135. The Kier molecular flexibility index (Phi) is 10.6. The Morgan fingerprint density at radius 3 is 1.48 bits per heavy atom. The van der Waals surface area contributed by atoms with Crippen molar-refractivity contribution in [3.63, 3.8) is 0 Å². The van der Waals surface area contributed by atoms with Crippen LogP contribution in [0.15, 0.2) is 78.7 Å². The van der Waals surface area contributed by atoms with Crippen LogP contribution in [0.2, 0.25) is 0 Å². The molecule has 46 heavy (non-hydrogen) atoms. The Morgan fingerprint density at radius 2 is 1.00 bits per heavy atom. The highest BCUT2D eigenvalue weighted by Crippen LogP contribution is 2.40. The molecule has 2 aliphatic rings. The van der Waals surface area contributed by atoms with Gasteiger partial charge in [-0.1, -0.05) is 19.2 Å². The fourth-order valence-electron chi connectivity index (χ4n) is 5.09. The van der Waals surface area contributed by atoms with E-state index in [1.165, 1.54) is 25.7 Å². The van der Waals surface area contributed by atoms with Gasteiger partial charge in [-0.3, -0.25) is 19.5 Å². The third kappa shape index (κ3) is 7.36. The first-order valence-corrected chi connectivity index (χ1v) is 16.3. The maximum absolute atomic E-state index is 4.28. The minimum absolute atomic E-state index is 0. The first-order chi connectivity index (χ1) is 22.1. The fourth-order valence-corrected chi connectivity index (χ4v) is 5.64. The highest BCUT2D eigenvalue weighted by atomic mass is 32.2. The molecule has 6 aromatic rings. The van der Waals surface area contributed by atoms with Gasteiger partial charge in [0, 0.05) is 72.5 Å². The van der Waals surface area contributed by atoms with Gasteiger partial charge in [0.25, 0.3) is 0 Å². The van der Waals surface area contributed by atoms with Crippen molar-refractivity contribution in [2.45, 2.75) is 77.7 Å². The smallest absolute Gasteiger partial charge is 0.191 e. The molecule has 2 saturated carbocycles. The summed E-state index contributed by atoms with van der Waals surface area (Å²) < 4.78 is 6.56. The van der Waals surface area contributed by atoms with Crippen LogP contribution in [0, 0.1) is 13.8 Å². The molecule has 0 radical (unpaired) electrons. The molecule has 0 saturated heterocycles. The first-order valence-electron chi connectivity index (χ1n) is 15.1. The highest BCUT2D eigenvalue weighted by molar-refractivity contribution is 7.98. The van der Waals surface area contributed by atoms with Crippen LogP contribution < -0.4 is 0 Å². The summed E-state index contributed by atoms with van der Waals surface area (Å²) in [4.78, 5) is 12.0. The summed E-state index contributed by atoms with van der Waals surface area (Å²) in [6.07, 6.45) is 17.7. The van der Waals surface area contributed by atoms with Crippen LogP contribution in [0.25, 0.3) is 34.2 Å². The zero-order chi connectivity index (χ0) is 31.2. The van der Waals surface area contributed by atoms with E-state index in [4.69, 9.17) is 0 Å². The van der Waals surface area contributed by atoms with Gasteiger partial charge in [0.15, 0.2) is 22.6 Å². The largest absolute Gasteiger partial charge is 0.312 e. The third-order valence-electron chi connectivity index (χ3n) is 7.60. The minimum Gasteiger partial charge on any atom is -0.312 e. The van der Waals surface area contributed by atoms with E-state index < -0.39 is 0 Å². The van der Waals surface area contributed by atoms with Crippen LogP contribution >= 0.6 is 11.8 Å². The second kappa shape index (κ2) is 15.0. The monoisotopic (exact) mass is 636 g/mol. The predicted molar refractivity (Wildman–Crippen MR) is 180 cm³/mol. The molecule has 238 valence electrons. The maximum atomic E-state index is 4.28. The Labute approximate surface area is 273 Å². The lowest BCUT2D eigenvalue weighted by Crippen LogP contribution is -1.99. The van der Waals surface area contributed by atoms with E-state index in [9.17, 15) is 0 Å². The normalized spacial score (nSPS) is 13.6. The molecule has 13 heteroatoms. The molecule has 0 aromatic carbocycles. The van der Waals surface area contributed by atoms with Gasteiger partial charge in [-0.2, -0.15) is 0 Å². The van der Waals surface area contributed by atoms with Gasteiger partial charge in [0.05, 0.1) is 0 Å². The molecule has 12 nitrogen and oxygen atoms in total. The first kappa shape index (κ1) is 32.6. The summed E-state index contributed by atoms with van der Waals surface area (Å²) >= 11 is 1.65. The quantitative estimate of drug-likeness (QED) is 0.175. The summed E-state index contributed by atoms with van der Waals surface area (Å²) in [5.41, 5.74) is 3.25. The number of thioether (sulfide) groups is 1. The third-order valence-corrected chi connectivity index (χ3v) is 8.25. The number of hydrogen-bond acceptors (Lipinski definition) is 10. The van der Waals surface area contributed by atoms with Crippen molar-refractivity contribution < 1.29 is 0 Å². The van der Waals surface area contributed by atoms with Crippen LogP contribution in [-0.2, 0) is 6.54 Å². The SMILES string of the molecule is C.CCn1c(C)nnc1-c1ccncc1.CSc1nnc(-c2ccncc2)n1C1CC1.Cc1nnc(-c2ccncc2)n1C1CC1. The van der Waals surface area contributed by atoms with Crippen molar-refractivity contribution in [3.8, 4) is 34.2 Å². The molecule has 0 aliphatic heterocycles. The Bertz CT molecular complexity index is 1810. The fraction of sp³-hybridized carbons (Fsp3) is 0.364. The lowest BCUT2D eigenvalue weighted by atomic mass is 10.2. The zero-order valence-electron chi connectivity index (χ0n) is 25.9. The van der Waals surface area contributed by atoms with Crippen LogP contribution in [-0.4, -0.2) is 65.5 Å². The van der Waals surface area contributed by atoms with Crippen molar-refractivity contribution in [1.29, 1.82) is 0 Å². The molecular weight excluding hydrogens is 597 g/mol. The molecule has 0 amide bonds. The van der Waals surface area contributed by atoms with Gasteiger partial charge in [0.1, 0.15) is 11.6 Å². The van der Waals surface area contributed by atoms with E-state index in [0.29, 0.717) is 12.1 Å². The number of pyridine rings is 3. The number of aryl methyl sites for hydroxylation is 2. The van der Waals surface area contributed by atoms with Crippen molar-refractivity contribution in [3.05, 3.63) is 85.2 Å². The molecule has 6 aromatic heterocycles. The predicted octanol–water partition coefficient (Wildman–Crippen LogP) is 6.68. The molecule has 2 aliphatic carbocycles. The van der Waals surface area contributed by atoms with Crippen LogP contribution in [0.3, 0.4) is 0 Å². The van der Waals surface area contributed by atoms with E-state index in [2.05, 4.69) is 66.2 Å². The number of nitrogens with zero attached hydrogens (tertiary/aromatic N) is 12. The summed E-state index contributed by atoms with van der Waals surface area (Å²) in [5.74, 6) is 4.79. The molecule has 0 spiro atoms. The summed E-state index contributed by atoms with van der Waals surface area (Å²) in [6, 6.07) is 13.0. The lowest BCUT2D eigenvalue weighted by molar-refractivity contribution is 0.670. The number of aromatic nitrogens is 12. The van der Waals surface area contributed by atoms with Crippen molar-refractivity contribution in [2.24, 2.45) is 0 Å². The molecule has 0 atom stereocenters. The number of hydrogen-bond donors (Lipinski definition) is 0. The van der Waals surface area contributed by atoms with Gasteiger partial charge >= 0.3 is 0 Å². The lowest BCUT2D eigenvalue weighted by Gasteiger charge is -2.06. The van der Waals surface area contributed by atoms with E-state index in [0.717, 1.165) is 57.5 Å². The standard InChI is InChI=1S/C11H12N4S.C11H12N4.C10H12N4.CH4/c1-16-11-14-13-10(15(11)9-2-3-9)8-4-6-12-7-5-8;1-8-13-14-11(15(8)10-2-3-10)9-4-6-12-7-5-9;1-3-14-8(2)12-13-10(14)9-4-6-11-7-5-9;/h4-7,9H,2-3H2,1H3;4-7,10H,2-3H2,1H3;4-7H,3H2,1-2H3;1H4. The average Bonchev–Trinajstić information content (AvgIpc) is 4.01. The van der Waals surface area contributed by atoms with Crippen LogP contribution in [0.4, 0.5) is 0 Å². The van der Waals surface area contributed by atoms with Gasteiger partial charge < -0.3 is 9.13 Å². The van der Waals surface area contributed by atoms with Crippen LogP contribution in [0.1, 0.15) is 63.8 Å². The second-order valence-corrected chi connectivity index (χ2v) is 11.6. The van der Waals surface area contributed by atoms with Crippen molar-refractivity contribution in [1.82, 2.24) is 59.2 Å². The summed E-state index contributed by atoms with van der Waals surface area (Å²) in [7, 11) is 0.